The molecule has 1 aromatic heterocycles. The molecule has 3 nitrogen and oxygen atoms in total. The highest BCUT2D eigenvalue weighted by atomic mass is 32.2. The predicted molar refractivity (Wildman–Crippen MR) is 61.9 cm³/mol. The van der Waals surface area contributed by atoms with E-state index in [1.54, 1.807) is 0 Å². The van der Waals surface area contributed by atoms with Crippen molar-refractivity contribution >= 4 is 11.8 Å². The summed E-state index contributed by atoms with van der Waals surface area (Å²) in [6, 6.07) is 0. The molecule has 1 N–H and O–H groups in total. The number of imidazole rings is 1. The lowest BCUT2D eigenvalue weighted by Crippen LogP contribution is -2.12. The molecular formula is C11H17N3S. The van der Waals surface area contributed by atoms with E-state index in [1.807, 2.05) is 24.2 Å². The molecule has 1 aromatic rings. The third-order valence-electron chi connectivity index (χ3n) is 3.66. The Balaban J connectivity index is 1.64. The van der Waals surface area contributed by atoms with Gasteiger partial charge in [0.1, 0.15) is 0 Å². The van der Waals surface area contributed by atoms with Gasteiger partial charge in [-0.1, -0.05) is 11.8 Å². The van der Waals surface area contributed by atoms with Crippen LogP contribution in [0.15, 0.2) is 17.6 Å². The molecule has 3 rings (SSSR count). The van der Waals surface area contributed by atoms with Crippen molar-refractivity contribution in [3.8, 4) is 0 Å². The lowest BCUT2D eigenvalue weighted by molar-refractivity contribution is 0.494. The zero-order chi connectivity index (χ0) is 10.3. The Morgan fingerprint density at radius 3 is 2.73 bits per heavy atom. The highest BCUT2D eigenvalue weighted by Crippen LogP contribution is 2.42. The van der Waals surface area contributed by atoms with Crippen molar-refractivity contribution in [2.45, 2.75) is 23.2 Å². The molecule has 0 bridgehead atoms. The van der Waals surface area contributed by atoms with Crippen LogP contribution in [0, 0.1) is 11.8 Å². The highest BCUT2D eigenvalue weighted by molar-refractivity contribution is 7.99. The van der Waals surface area contributed by atoms with Crippen LogP contribution < -0.4 is 5.32 Å². The molecule has 4 heteroatoms. The zero-order valence-corrected chi connectivity index (χ0v) is 9.83. The number of hydrogen-bond acceptors (Lipinski definition) is 3. The Bertz CT molecular complexity index is 337. The van der Waals surface area contributed by atoms with Crippen LogP contribution in [0.25, 0.3) is 0 Å². The van der Waals surface area contributed by atoms with Gasteiger partial charge in [-0.3, -0.25) is 0 Å². The topological polar surface area (TPSA) is 29.9 Å². The van der Waals surface area contributed by atoms with Crippen molar-refractivity contribution in [1.29, 1.82) is 0 Å². The molecule has 2 heterocycles. The summed E-state index contributed by atoms with van der Waals surface area (Å²) in [7, 11) is 2.08. The van der Waals surface area contributed by atoms with E-state index < -0.39 is 0 Å². The van der Waals surface area contributed by atoms with Crippen LogP contribution in [-0.4, -0.2) is 27.9 Å². The van der Waals surface area contributed by atoms with Gasteiger partial charge in [-0.05, 0) is 37.8 Å². The molecule has 0 spiro atoms. The number of hydrogen-bond donors (Lipinski definition) is 1. The van der Waals surface area contributed by atoms with Gasteiger partial charge in [-0.2, -0.15) is 0 Å². The van der Waals surface area contributed by atoms with Gasteiger partial charge in [0.05, 0.1) is 0 Å². The van der Waals surface area contributed by atoms with Gasteiger partial charge >= 0.3 is 0 Å². The first-order chi connectivity index (χ1) is 7.33. The maximum atomic E-state index is 4.38. The third-order valence-corrected chi connectivity index (χ3v) is 4.98. The van der Waals surface area contributed by atoms with Crippen molar-refractivity contribution in [2.75, 3.05) is 13.1 Å². The molecule has 1 aliphatic carbocycles. The quantitative estimate of drug-likeness (QED) is 0.824. The average molecular weight is 223 g/mol. The van der Waals surface area contributed by atoms with Gasteiger partial charge in [-0.25, -0.2) is 4.98 Å². The number of thioether (sulfide) groups is 1. The van der Waals surface area contributed by atoms with E-state index in [-0.39, 0.29) is 0 Å². The average Bonchev–Trinajstić information content (AvgIpc) is 2.83. The molecule has 2 fully saturated rings. The summed E-state index contributed by atoms with van der Waals surface area (Å²) < 4.78 is 2.12. The number of rotatable bonds is 2. The molecule has 0 aromatic carbocycles. The summed E-state index contributed by atoms with van der Waals surface area (Å²) >= 11 is 1.97. The van der Waals surface area contributed by atoms with Crippen molar-refractivity contribution < 1.29 is 0 Å². The lowest BCUT2D eigenvalue weighted by atomic mass is 10.0. The molecule has 15 heavy (non-hydrogen) atoms. The smallest absolute Gasteiger partial charge is 0.167 e. The molecule has 1 saturated carbocycles. The van der Waals surface area contributed by atoms with Crippen molar-refractivity contribution in [3.63, 3.8) is 0 Å². The van der Waals surface area contributed by atoms with E-state index in [0.29, 0.717) is 0 Å². The maximum Gasteiger partial charge on any atom is 0.167 e. The first-order valence-electron chi connectivity index (χ1n) is 5.67. The minimum absolute atomic E-state index is 0.795. The van der Waals surface area contributed by atoms with Crippen molar-refractivity contribution in [1.82, 2.24) is 14.9 Å². The van der Waals surface area contributed by atoms with E-state index >= 15 is 0 Å². The standard InChI is InChI=1S/C11H17N3S/c1-14-3-2-13-11(14)15-10-4-8-6-12-7-9(8)5-10/h2-3,8-10,12H,4-7H2,1H3/t8-,9-/m1/s1. The normalized spacial score (nSPS) is 31.0. The Morgan fingerprint density at radius 1 is 1.40 bits per heavy atom. The second-order valence-corrected chi connectivity index (χ2v) is 5.98. The summed E-state index contributed by atoms with van der Waals surface area (Å²) in [5.74, 6) is 1.87. The van der Waals surface area contributed by atoms with E-state index in [1.165, 1.54) is 31.1 Å². The van der Waals surface area contributed by atoms with Gasteiger partial charge in [0.15, 0.2) is 5.16 Å². The lowest BCUT2D eigenvalue weighted by Gasteiger charge is -2.10. The van der Waals surface area contributed by atoms with Gasteiger partial charge in [-0.15, -0.1) is 0 Å². The summed E-state index contributed by atoms with van der Waals surface area (Å²) in [5.41, 5.74) is 0. The van der Waals surface area contributed by atoms with E-state index in [0.717, 1.165) is 17.1 Å². The van der Waals surface area contributed by atoms with Crippen LogP contribution in [0.1, 0.15) is 12.8 Å². The highest BCUT2D eigenvalue weighted by Gasteiger charge is 2.37. The van der Waals surface area contributed by atoms with E-state index in [9.17, 15) is 0 Å². The fourth-order valence-electron chi connectivity index (χ4n) is 2.82. The molecule has 2 aliphatic rings. The Hall–Kier alpha value is -0.480. The second kappa shape index (κ2) is 3.83. The van der Waals surface area contributed by atoms with Crippen LogP contribution in [0.5, 0.6) is 0 Å². The van der Waals surface area contributed by atoms with Crippen LogP contribution in [-0.2, 0) is 7.05 Å². The van der Waals surface area contributed by atoms with E-state index in [4.69, 9.17) is 0 Å². The molecule has 82 valence electrons. The number of fused-ring (bicyclic) bond motifs is 1. The second-order valence-electron chi connectivity index (χ2n) is 4.71. The van der Waals surface area contributed by atoms with Gasteiger partial charge in [0, 0.05) is 24.7 Å². The van der Waals surface area contributed by atoms with Crippen LogP contribution >= 0.6 is 11.8 Å². The Morgan fingerprint density at radius 2 is 2.13 bits per heavy atom. The van der Waals surface area contributed by atoms with Crippen molar-refractivity contribution in [3.05, 3.63) is 12.4 Å². The van der Waals surface area contributed by atoms with Crippen LogP contribution in [0.2, 0.25) is 0 Å². The molecule has 0 amide bonds. The van der Waals surface area contributed by atoms with Gasteiger partial charge < -0.3 is 9.88 Å². The first kappa shape index (κ1) is 9.73. The Labute approximate surface area is 94.7 Å². The molecule has 2 atom stereocenters. The first-order valence-corrected chi connectivity index (χ1v) is 6.55. The minimum atomic E-state index is 0.795. The van der Waals surface area contributed by atoms with Crippen molar-refractivity contribution in [2.24, 2.45) is 18.9 Å². The molecule has 0 radical (unpaired) electrons. The third kappa shape index (κ3) is 1.81. The summed E-state index contributed by atoms with van der Waals surface area (Å²) in [4.78, 5) is 4.38. The minimum Gasteiger partial charge on any atom is -0.329 e. The summed E-state index contributed by atoms with van der Waals surface area (Å²) in [5, 5.41) is 5.45. The zero-order valence-electron chi connectivity index (χ0n) is 9.02. The number of aryl methyl sites for hydroxylation is 1. The molecule has 1 saturated heterocycles. The molecule has 0 unspecified atom stereocenters. The number of nitrogens with one attached hydrogen (secondary N) is 1. The summed E-state index contributed by atoms with van der Waals surface area (Å²) in [6.45, 7) is 2.48. The number of nitrogens with zero attached hydrogens (tertiary/aromatic N) is 2. The fraction of sp³-hybridized carbons (Fsp3) is 0.727. The Kier molecular flexibility index (Phi) is 2.48. The largest absolute Gasteiger partial charge is 0.329 e. The fourth-order valence-corrected chi connectivity index (χ4v) is 4.16. The van der Waals surface area contributed by atoms with Crippen LogP contribution in [0.4, 0.5) is 0 Å². The van der Waals surface area contributed by atoms with Gasteiger partial charge in [0.25, 0.3) is 0 Å². The molecule has 1 aliphatic heterocycles. The maximum absolute atomic E-state index is 4.38. The molecular weight excluding hydrogens is 206 g/mol. The number of aromatic nitrogens is 2. The summed E-state index contributed by atoms with van der Waals surface area (Å²) in [6.07, 6.45) is 6.66. The van der Waals surface area contributed by atoms with E-state index in [2.05, 4.69) is 21.9 Å². The SMILES string of the molecule is Cn1ccnc1SC1C[C@@H]2CNC[C@H]2C1. The monoisotopic (exact) mass is 223 g/mol. The predicted octanol–water partition coefficient (Wildman–Crippen LogP) is 1.51. The van der Waals surface area contributed by atoms with Gasteiger partial charge in [0.2, 0.25) is 0 Å². The van der Waals surface area contributed by atoms with Crippen LogP contribution in [0.3, 0.4) is 0 Å².